The zero-order valence-corrected chi connectivity index (χ0v) is 12.4. The van der Waals surface area contributed by atoms with Crippen LogP contribution in [0.4, 0.5) is 0 Å². The molecule has 1 N–H and O–H groups in total. The van der Waals surface area contributed by atoms with Crippen molar-refractivity contribution in [1.82, 2.24) is 9.88 Å². The minimum atomic E-state index is 0.656. The van der Waals surface area contributed by atoms with Crippen LogP contribution in [0.3, 0.4) is 0 Å². The summed E-state index contributed by atoms with van der Waals surface area (Å²) in [4.78, 5) is 1.47. The van der Waals surface area contributed by atoms with Crippen molar-refractivity contribution in [2.45, 2.75) is 42.8 Å². The van der Waals surface area contributed by atoms with Crippen molar-refractivity contribution in [2.24, 2.45) is 0 Å². The lowest BCUT2D eigenvalue weighted by atomic mass is 10.0. The SMILES string of the molecule is c1ccc2c(c1)SCC2Cn1cccc1CNC1CC1. The van der Waals surface area contributed by atoms with Crippen LogP contribution in [0.1, 0.15) is 30.0 Å². The lowest BCUT2D eigenvalue weighted by molar-refractivity contribution is 0.562. The first-order valence-electron chi connectivity index (χ1n) is 7.49. The fraction of sp³-hybridized carbons (Fsp3) is 0.412. The standard InChI is InChI=1S/C17H20N2S/c1-2-6-17-16(5-1)13(12-20-17)11-19-9-3-4-15(19)10-18-14-7-8-14/h1-6,9,13-14,18H,7-8,10-12H2. The number of rotatable bonds is 5. The van der Waals surface area contributed by atoms with Crippen LogP contribution < -0.4 is 5.32 Å². The molecule has 1 saturated carbocycles. The molecule has 0 radical (unpaired) electrons. The number of nitrogens with one attached hydrogen (secondary N) is 1. The second-order valence-corrected chi connectivity index (χ2v) is 6.91. The van der Waals surface area contributed by atoms with E-state index in [2.05, 4.69) is 52.5 Å². The molecule has 1 aromatic carbocycles. The number of thioether (sulfide) groups is 1. The molecule has 1 aromatic heterocycles. The first-order chi connectivity index (χ1) is 9.90. The van der Waals surface area contributed by atoms with E-state index < -0.39 is 0 Å². The number of benzene rings is 1. The summed E-state index contributed by atoms with van der Waals surface area (Å²) in [5.74, 6) is 1.87. The van der Waals surface area contributed by atoms with Crippen LogP contribution in [0.15, 0.2) is 47.5 Å². The summed E-state index contributed by atoms with van der Waals surface area (Å²) in [5.41, 5.74) is 2.96. The summed E-state index contributed by atoms with van der Waals surface area (Å²) in [6.07, 6.45) is 4.94. The molecule has 1 fully saturated rings. The molecule has 0 bridgehead atoms. The minimum absolute atomic E-state index is 0.656. The average molecular weight is 284 g/mol. The maximum atomic E-state index is 3.62. The number of fused-ring (bicyclic) bond motifs is 1. The molecular formula is C17H20N2S. The van der Waals surface area contributed by atoms with E-state index in [9.17, 15) is 0 Å². The first-order valence-corrected chi connectivity index (χ1v) is 8.48. The Morgan fingerprint density at radius 3 is 2.95 bits per heavy atom. The van der Waals surface area contributed by atoms with Gasteiger partial charge in [0.15, 0.2) is 0 Å². The fourth-order valence-corrected chi connectivity index (χ4v) is 4.18. The molecule has 0 spiro atoms. The highest BCUT2D eigenvalue weighted by molar-refractivity contribution is 7.99. The molecule has 2 aliphatic rings. The van der Waals surface area contributed by atoms with Crippen molar-refractivity contribution in [3.8, 4) is 0 Å². The third-order valence-electron chi connectivity index (χ3n) is 4.29. The topological polar surface area (TPSA) is 17.0 Å². The molecule has 4 rings (SSSR count). The molecule has 3 heteroatoms. The van der Waals surface area contributed by atoms with Gasteiger partial charge in [-0.25, -0.2) is 0 Å². The Morgan fingerprint density at radius 2 is 2.05 bits per heavy atom. The fourth-order valence-electron chi connectivity index (χ4n) is 2.94. The van der Waals surface area contributed by atoms with E-state index in [4.69, 9.17) is 0 Å². The summed E-state index contributed by atoms with van der Waals surface area (Å²) < 4.78 is 2.43. The smallest absolute Gasteiger partial charge is 0.0361 e. The molecule has 1 aliphatic carbocycles. The van der Waals surface area contributed by atoms with E-state index in [0.29, 0.717) is 5.92 Å². The van der Waals surface area contributed by atoms with Crippen molar-refractivity contribution >= 4 is 11.8 Å². The highest BCUT2D eigenvalue weighted by atomic mass is 32.2. The van der Waals surface area contributed by atoms with Crippen molar-refractivity contribution in [2.75, 3.05) is 5.75 Å². The van der Waals surface area contributed by atoms with Crippen LogP contribution in [-0.2, 0) is 13.1 Å². The second kappa shape index (κ2) is 5.30. The third kappa shape index (κ3) is 2.52. The predicted molar refractivity (Wildman–Crippen MR) is 84.2 cm³/mol. The van der Waals surface area contributed by atoms with Gasteiger partial charge in [-0.2, -0.15) is 0 Å². The Morgan fingerprint density at radius 1 is 1.15 bits per heavy atom. The Labute approximate surface area is 124 Å². The van der Waals surface area contributed by atoms with Gasteiger partial charge >= 0.3 is 0 Å². The van der Waals surface area contributed by atoms with Crippen LogP contribution in [0, 0.1) is 0 Å². The van der Waals surface area contributed by atoms with E-state index >= 15 is 0 Å². The summed E-state index contributed by atoms with van der Waals surface area (Å²) in [6.45, 7) is 2.12. The maximum Gasteiger partial charge on any atom is 0.0361 e. The molecule has 2 aromatic rings. The second-order valence-electron chi connectivity index (χ2n) is 5.85. The average Bonchev–Trinajstić information content (AvgIpc) is 3.07. The monoisotopic (exact) mass is 284 g/mol. The third-order valence-corrected chi connectivity index (χ3v) is 5.54. The summed E-state index contributed by atoms with van der Waals surface area (Å²) in [5, 5.41) is 3.62. The number of hydrogen-bond acceptors (Lipinski definition) is 2. The minimum Gasteiger partial charge on any atom is -0.350 e. The van der Waals surface area contributed by atoms with Crippen molar-refractivity contribution in [3.05, 3.63) is 53.9 Å². The molecule has 104 valence electrons. The quantitative estimate of drug-likeness (QED) is 0.903. The lowest BCUT2D eigenvalue weighted by Crippen LogP contribution is -2.19. The summed E-state index contributed by atoms with van der Waals surface area (Å²) in [6, 6.07) is 14.1. The molecule has 1 aliphatic heterocycles. The number of nitrogens with zero attached hydrogens (tertiary/aromatic N) is 1. The summed E-state index contributed by atoms with van der Waals surface area (Å²) in [7, 11) is 0. The van der Waals surface area contributed by atoms with Gasteiger partial charge in [-0.3, -0.25) is 0 Å². The number of aromatic nitrogens is 1. The molecule has 20 heavy (non-hydrogen) atoms. The van der Waals surface area contributed by atoms with Crippen LogP contribution in [0.25, 0.3) is 0 Å². The predicted octanol–water partition coefficient (Wildman–Crippen LogP) is 3.63. The van der Waals surface area contributed by atoms with Gasteiger partial charge in [0, 0.05) is 47.6 Å². The lowest BCUT2D eigenvalue weighted by Gasteiger charge is -2.15. The van der Waals surface area contributed by atoms with Gasteiger partial charge in [0.1, 0.15) is 0 Å². The van der Waals surface area contributed by atoms with Gasteiger partial charge in [0.05, 0.1) is 0 Å². The van der Waals surface area contributed by atoms with Gasteiger partial charge in [-0.15, -0.1) is 11.8 Å². The normalized spacial score (nSPS) is 21.1. The van der Waals surface area contributed by atoms with Crippen LogP contribution in [-0.4, -0.2) is 16.4 Å². The molecule has 2 nitrogen and oxygen atoms in total. The van der Waals surface area contributed by atoms with E-state index in [1.165, 1.54) is 34.7 Å². The molecule has 1 unspecified atom stereocenters. The highest BCUT2D eigenvalue weighted by Gasteiger charge is 2.24. The molecule has 1 atom stereocenters. The first kappa shape index (κ1) is 12.5. The zero-order chi connectivity index (χ0) is 13.4. The maximum absolute atomic E-state index is 3.62. The van der Waals surface area contributed by atoms with Gasteiger partial charge in [0.2, 0.25) is 0 Å². The Kier molecular flexibility index (Phi) is 3.32. The van der Waals surface area contributed by atoms with Gasteiger partial charge in [0.25, 0.3) is 0 Å². The Balaban J connectivity index is 1.48. The largest absolute Gasteiger partial charge is 0.350 e. The highest BCUT2D eigenvalue weighted by Crippen LogP contribution is 2.40. The van der Waals surface area contributed by atoms with Crippen LogP contribution in [0.5, 0.6) is 0 Å². The molecule has 2 heterocycles. The van der Waals surface area contributed by atoms with E-state index in [0.717, 1.165) is 19.1 Å². The van der Waals surface area contributed by atoms with Crippen molar-refractivity contribution in [1.29, 1.82) is 0 Å². The van der Waals surface area contributed by atoms with E-state index in [1.807, 2.05) is 11.8 Å². The zero-order valence-electron chi connectivity index (χ0n) is 11.6. The Hall–Kier alpha value is -1.19. The molecular weight excluding hydrogens is 264 g/mol. The summed E-state index contributed by atoms with van der Waals surface area (Å²) >= 11 is 2.00. The van der Waals surface area contributed by atoms with Crippen molar-refractivity contribution in [3.63, 3.8) is 0 Å². The van der Waals surface area contributed by atoms with Gasteiger partial charge in [-0.1, -0.05) is 18.2 Å². The van der Waals surface area contributed by atoms with Crippen LogP contribution in [0.2, 0.25) is 0 Å². The van der Waals surface area contributed by atoms with E-state index in [-0.39, 0.29) is 0 Å². The van der Waals surface area contributed by atoms with Crippen LogP contribution >= 0.6 is 11.8 Å². The van der Waals surface area contributed by atoms with E-state index in [1.54, 1.807) is 0 Å². The van der Waals surface area contributed by atoms with Gasteiger partial charge in [-0.05, 0) is 36.6 Å². The van der Waals surface area contributed by atoms with Crippen molar-refractivity contribution < 1.29 is 0 Å². The molecule has 0 saturated heterocycles. The molecule has 0 amide bonds. The van der Waals surface area contributed by atoms with Gasteiger partial charge < -0.3 is 9.88 Å². The number of hydrogen-bond donors (Lipinski definition) is 1. The Bertz CT molecular complexity index is 601.